The van der Waals surface area contributed by atoms with Crippen LogP contribution in [0.4, 0.5) is 5.69 Å². The lowest BCUT2D eigenvalue weighted by Gasteiger charge is -2.17. The van der Waals surface area contributed by atoms with Gasteiger partial charge in [0.1, 0.15) is 4.99 Å². The van der Waals surface area contributed by atoms with Crippen molar-refractivity contribution in [1.82, 2.24) is 0 Å². The normalized spacial score (nSPS) is 14.1. The Labute approximate surface area is 114 Å². The van der Waals surface area contributed by atoms with Crippen LogP contribution in [-0.2, 0) is 10.8 Å². The molecule has 0 spiro atoms. The van der Waals surface area contributed by atoms with Gasteiger partial charge in [0.2, 0.25) is 0 Å². The molecule has 0 aromatic heterocycles. The van der Waals surface area contributed by atoms with Crippen LogP contribution < -0.4 is 11.1 Å². The zero-order valence-electron chi connectivity index (χ0n) is 9.70. The summed E-state index contributed by atoms with van der Waals surface area (Å²) in [4.78, 5) is 0.314. The molecule has 1 rings (SSSR count). The fraction of sp³-hybridized carbons (Fsp3) is 0.364. The second kappa shape index (κ2) is 6.33. The predicted molar refractivity (Wildman–Crippen MR) is 79.4 cm³/mol. The SMILES string of the molecule is CC(CS(C)=O)Nc1cc(Cl)ccc1C(N)=S. The van der Waals surface area contributed by atoms with E-state index in [2.05, 4.69) is 5.32 Å². The molecular weight excluding hydrogens is 276 g/mol. The molecule has 0 fully saturated rings. The molecule has 2 atom stereocenters. The van der Waals surface area contributed by atoms with Crippen LogP contribution in [0.5, 0.6) is 0 Å². The van der Waals surface area contributed by atoms with Crippen molar-refractivity contribution in [1.29, 1.82) is 0 Å². The van der Waals surface area contributed by atoms with Crippen LogP contribution in [0.15, 0.2) is 18.2 Å². The Morgan fingerprint density at radius 1 is 1.65 bits per heavy atom. The van der Waals surface area contributed by atoms with Gasteiger partial charge < -0.3 is 11.1 Å². The van der Waals surface area contributed by atoms with Crippen molar-refractivity contribution in [3.05, 3.63) is 28.8 Å². The molecule has 0 aliphatic heterocycles. The molecule has 3 N–H and O–H groups in total. The van der Waals surface area contributed by atoms with Crippen LogP contribution in [0.2, 0.25) is 5.02 Å². The molecule has 3 nitrogen and oxygen atoms in total. The lowest BCUT2D eigenvalue weighted by molar-refractivity contribution is 0.683. The van der Waals surface area contributed by atoms with Crippen LogP contribution in [-0.4, -0.2) is 27.2 Å². The predicted octanol–water partition coefficient (Wildman–Crippen LogP) is 2.15. The molecule has 0 saturated heterocycles. The van der Waals surface area contributed by atoms with Crippen molar-refractivity contribution >= 4 is 45.3 Å². The number of benzene rings is 1. The van der Waals surface area contributed by atoms with E-state index in [4.69, 9.17) is 29.6 Å². The lowest BCUT2D eigenvalue weighted by Crippen LogP contribution is -2.24. The van der Waals surface area contributed by atoms with Gasteiger partial charge in [0.05, 0.1) is 0 Å². The number of hydrogen-bond donors (Lipinski definition) is 2. The van der Waals surface area contributed by atoms with Gasteiger partial charge in [-0.2, -0.15) is 0 Å². The minimum atomic E-state index is -0.852. The molecule has 0 saturated carbocycles. The van der Waals surface area contributed by atoms with E-state index in [0.717, 1.165) is 11.3 Å². The van der Waals surface area contributed by atoms with Gasteiger partial charge in [0.25, 0.3) is 0 Å². The molecule has 1 aromatic rings. The number of nitrogens with one attached hydrogen (secondary N) is 1. The van der Waals surface area contributed by atoms with E-state index in [1.807, 2.05) is 6.92 Å². The molecule has 0 bridgehead atoms. The van der Waals surface area contributed by atoms with E-state index < -0.39 is 10.8 Å². The first-order valence-corrected chi connectivity index (χ1v) is 7.57. The van der Waals surface area contributed by atoms with Crippen LogP contribution >= 0.6 is 23.8 Å². The van der Waals surface area contributed by atoms with Crippen LogP contribution in [0, 0.1) is 0 Å². The Hall–Kier alpha value is -0.650. The summed E-state index contributed by atoms with van der Waals surface area (Å²) in [6, 6.07) is 5.35. The first-order valence-electron chi connectivity index (χ1n) is 5.06. The van der Waals surface area contributed by atoms with Gasteiger partial charge in [-0.3, -0.25) is 4.21 Å². The van der Waals surface area contributed by atoms with Crippen molar-refractivity contribution in [3.8, 4) is 0 Å². The summed E-state index contributed by atoms with van der Waals surface area (Å²) in [7, 11) is -0.852. The highest BCUT2D eigenvalue weighted by Crippen LogP contribution is 2.21. The third-order valence-electron chi connectivity index (χ3n) is 2.13. The molecule has 1 aromatic carbocycles. The van der Waals surface area contributed by atoms with Crippen molar-refractivity contribution in [2.45, 2.75) is 13.0 Å². The molecule has 0 aliphatic carbocycles. The van der Waals surface area contributed by atoms with Crippen molar-refractivity contribution in [2.24, 2.45) is 5.73 Å². The van der Waals surface area contributed by atoms with Gasteiger partial charge in [-0.15, -0.1) is 0 Å². The maximum absolute atomic E-state index is 11.1. The van der Waals surface area contributed by atoms with E-state index in [1.54, 1.807) is 24.5 Å². The Morgan fingerprint density at radius 2 is 2.29 bits per heavy atom. The highest BCUT2D eigenvalue weighted by molar-refractivity contribution is 7.84. The summed E-state index contributed by atoms with van der Waals surface area (Å²) < 4.78 is 11.1. The molecule has 94 valence electrons. The average Bonchev–Trinajstić information content (AvgIpc) is 2.15. The van der Waals surface area contributed by atoms with Gasteiger partial charge in [0, 0.05) is 45.1 Å². The Kier molecular flexibility index (Phi) is 5.36. The average molecular weight is 291 g/mol. The zero-order chi connectivity index (χ0) is 13.0. The lowest BCUT2D eigenvalue weighted by atomic mass is 10.1. The minimum absolute atomic E-state index is 0.0624. The number of nitrogens with two attached hydrogens (primary N) is 1. The second-order valence-corrected chi connectivity index (χ2v) is 6.20. The Morgan fingerprint density at radius 3 is 2.82 bits per heavy atom. The molecular formula is C11H15ClN2OS2. The molecule has 0 heterocycles. The van der Waals surface area contributed by atoms with E-state index in [-0.39, 0.29) is 6.04 Å². The number of rotatable bonds is 5. The molecule has 0 aliphatic rings. The fourth-order valence-corrected chi connectivity index (χ4v) is 2.65. The highest BCUT2D eigenvalue weighted by Gasteiger charge is 2.10. The quantitative estimate of drug-likeness (QED) is 0.816. The van der Waals surface area contributed by atoms with E-state index in [1.165, 1.54) is 0 Å². The fourth-order valence-electron chi connectivity index (χ4n) is 1.51. The smallest absolute Gasteiger partial charge is 0.106 e. The highest BCUT2D eigenvalue weighted by atomic mass is 35.5. The van der Waals surface area contributed by atoms with Gasteiger partial charge in [-0.1, -0.05) is 23.8 Å². The van der Waals surface area contributed by atoms with Gasteiger partial charge in [0.15, 0.2) is 0 Å². The minimum Gasteiger partial charge on any atom is -0.389 e. The standard InChI is InChI=1S/C11H15ClN2OS2/c1-7(6-17(2)15)14-10-5-8(12)3-4-9(10)11(13)16/h3-5,7,14H,6H2,1-2H3,(H2,13,16). The van der Waals surface area contributed by atoms with Crippen LogP contribution in [0.3, 0.4) is 0 Å². The topological polar surface area (TPSA) is 55.1 Å². The third-order valence-corrected chi connectivity index (χ3v) is 3.56. The third kappa shape index (κ3) is 4.61. The summed E-state index contributed by atoms with van der Waals surface area (Å²) in [5, 5.41) is 3.83. The van der Waals surface area contributed by atoms with E-state index in [9.17, 15) is 4.21 Å². The van der Waals surface area contributed by atoms with Crippen molar-refractivity contribution in [3.63, 3.8) is 0 Å². The van der Waals surface area contributed by atoms with Crippen LogP contribution in [0.1, 0.15) is 12.5 Å². The van der Waals surface area contributed by atoms with E-state index >= 15 is 0 Å². The van der Waals surface area contributed by atoms with E-state index in [0.29, 0.717) is 15.8 Å². The zero-order valence-corrected chi connectivity index (χ0v) is 12.1. The Balaban J connectivity index is 2.92. The summed E-state index contributed by atoms with van der Waals surface area (Å²) in [6.07, 6.45) is 1.67. The second-order valence-electron chi connectivity index (χ2n) is 3.84. The molecule has 2 unspecified atom stereocenters. The summed E-state index contributed by atoms with van der Waals surface area (Å²) in [5.74, 6) is 0.559. The molecule has 0 amide bonds. The van der Waals surface area contributed by atoms with Crippen molar-refractivity contribution in [2.75, 3.05) is 17.3 Å². The first-order chi connectivity index (χ1) is 7.90. The van der Waals surface area contributed by atoms with Gasteiger partial charge in [-0.05, 0) is 25.1 Å². The van der Waals surface area contributed by atoms with Crippen molar-refractivity contribution < 1.29 is 4.21 Å². The maximum atomic E-state index is 11.1. The molecule has 0 radical (unpaired) electrons. The number of halogens is 1. The maximum Gasteiger partial charge on any atom is 0.106 e. The first kappa shape index (κ1) is 14.4. The summed E-state index contributed by atoms with van der Waals surface area (Å²) in [6.45, 7) is 1.95. The number of hydrogen-bond acceptors (Lipinski definition) is 3. The van der Waals surface area contributed by atoms with Crippen LogP contribution in [0.25, 0.3) is 0 Å². The number of anilines is 1. The van der Waals surface area contributed by atoms with Gasteiger partial charge in [-0.25, -0.2) is 0 Å². The largest absolute Gasteiger partial charge is 0.389 e. The monoisotopic (exact) mass is 290 g/mol. The van der Waals surface area contributed by atoms with Gasteiger partial charge >= 0.3 is 0 Å². The number of thiocarbonyl (C=S) groups is 1. The summed E-state index contributed by atoms with van der Waals surface area (Å²) >= 11 is 10.9. The molecule has 6 heteroatoms. The Bertz CT molecular complexity index is 451. The summed E-state index contributed by atoms with van der Waals surface area (Å²) in [5.41, 5.74) is 7.16. The molecule has 17 heavy (non-hydrogen) atoms.